The number of nitrogens with one attached hydrogen (secondary N) is 1. The summed E-state index contributed by atoms with van der Waals surface area (Å²) < 4.78 is 18.2. The highest BCUT2D eigenvalue weighted by molar-refractivity contribution is 5.85. The second-order valence-electron chi connectivity index (χ2n) is 4.14. The third-order valence-corrected chi connectivity index (χ3v) is 2.98. The number of H-pyrrole nitrogens is 1. The van der Waals surface area contributed by atoms with Crippen LogP contribution in [-0.2, 0) is 0 Å². The van der Waals surface area contributed by atoms with E-state index in [-0.39, 0.29) is 5.82 Å². The van der Waals surface area contributed by atoms with Gasteiger partial charge in [-0.1, -0.05) is 0 Å². The third-order valence-electron chi connectivity index (χ3n) is 2.98. The number of rotatable bonds is 2. The van der Waals surface area contributed by atoms with Crippen LogP contribution >= 0.6 is 0 Å². The van der Waals surface area contributed by atoms with Gasteiger partial charge in [0.05, 0.1) is 7.11 Å². The Labute approximate surface area is 104 Å². The minimum Gasteiger partial charge on any atom is -0.497 e. The number of methoxy groups -OCH3 is 1. The molecule has 18 heavy (non-hydrogen) atoms. The molecule has 0 aliphatic heterocycles. The first-order valence-corrected chi connectivity index (χ1v) is 5.69. The molecule has 0 spiro atoms. The van der Waals surface area contributed by atoms with Crippen molar-refractivity contribution in [3.63, 3.8) is 0 Å². The first-order chi connectivity index (χ1) is 8.76. The molecular weight excluding hydrogens is 229 g/mol. The Bertz CT molecular complexity index is 685. The van der Waals surface area contributed by atoms with E-state index >= 15 is 0 Å². The van der Waals surface area contributed by atoms with Crippen LogP contribution in [0.25, 0.3) is 22.2 Å². The van der Waals surface area contributed by atoms with Crippen LogP contribution in [0.15, 0.2) is 48.5 Å². The summed E-state index contributed by atoms with van der Waals surface area (Å²) in [5.41, 5.74) is 2.95. The highest BCUT2D eigenvalue weighted by Gasteiger charge is 2.04. The van der Waals surface area contributed by atoms with E-state index in [0.717, 1.165) is 27.9 Å². The maximum absolute atomic E-state index is 13.1. The molecule has 3 aromatic rings. The quantitative estimate of drug-likeness (QED) is 0.721. The fourth-order valence-corrected chi connectivity index (χ4v) is 2.03. The Kier molecular flexibility index (Phi) is 2.52. The van der Waals surface area contributed by atoms with Crippen molar-refractivity contribution in [2.75, 3.05) is 7.11 Å². The molecule has 0 aliphatic carbocycles. The lowest BCUT2D eigenvalue weighted by Gasteiger charge is -2.01. The van der Waals surface area contributed by atoms with E-state index in [0.29, 0.717) is 0 Å². The summed E-state index contributed by atoms with van der Waals surface area (Å²) >= 11 is 0. The maximum atomic E-state index is 13.1. The molecule has 0 unspecified atom stereocenters. The van der Waals surface area contributed by atoms with E-state index in [1.807, 2.05) is 30.3 Å². The molecule has 2 nitrogen and oxygen atoms in total. The molecule has 3 rings (SSSR count). The Balaban J connectivity index is 2.07. The molecule has 0 radical (unpaired) electrons. The zero-order valence-corrected chi connectivity index (χ0v) is 9.91. The lowest BCUT2D eigenvalue weighted by Crippen LogP contribution is -1.82. The van der Waals surface area contributed by atoms with Gasteiger partial charge in [-0.2, -0.15) is 0 Å². The summed E-state index contributed by atoms with van der Waals surface area (Å²) in [5.74, 6) is 0.601. The Morgan fingerprint density at radius 3 is 2.50 bits per heavy atom. The van der Waals surface area contributed by atoms with Crippen molar-refractivity contribution in [2.24, 2.45) is 0 Å². The van der Waals surface area contributed by atoms with Crippen molar-refractivity contribution in [3.05, 3.63) is 54.3 Å². The summed E-state index contributed by atoms with van der Waals surface area (Å²) in [4.78, 5) is 3.27. The first-order valence-electron chi connectivity index (χ1n) is 5.69. The van der Waals surface area contributed by atoms with E-state index in [1.165, 1.54) is 12.1 Å². The molecule has 0 bridgehead atoms. The molecular formula is C15H12FNO. The Hall–Kier alpha value is -2.29. The van der Waals surface area contributed by atoms with Crippen molar-refractivity contribution in [1.82, 2.24) is 4.98 Å². The Morgan fingerprint density at radius 1 is 1.00 bits per heavy atom. The normalized spacial score (nSPS) is 10.8. The summed E-state index contributed by atoms with van der Waals surface area (Å²) in [6.07, 6.45) is 0. The predicted molar refractivity (Wildman–Crippen MR) is 70.2 cm³/mol. The van der Waals surface area contributed by atoms with Gasteiger partial charge in [-0.15, -0.1) is 0 Å². The van der Waals surface area contributed by atoms with Gasteiger partial charge in [0.2, 0.25) is 0 Å². The number of aromatic amines is 1. The Morgan fingerprint density at radius 2 is 1.78 bits per heavy atom. The molecule has 0 saturated carbocycles. The van der Waals surface area contributed by atoms with Crippen LogP contribution in [0.5, 0.6) is 5.75 Å². The number of fused-ring (bicyclic) bond motifs is 1. The fraction of sp³-hybridized carbons (Fsp3) is 0.0667. The number of aromatic nitrogens is 1. The molecule has 1 aromatic heterocycles. The van der Waals surface area contributed by atoms with E-state index < -0.39 is 0 Å². The monoisotopic (exact) mass is 241 g/mol. The summed E-state index contributed by atoms with van der Waals surface area (Å²) in [6, 6.07) is 14.4. The molecule has 2 aromatic carbocycles. The van der Waals surface area contributed by atoms with Crippen LogP contribution < -0.4 is 4.74 Å². The molecule has 0 aliphatic rings. The van der Waals surface area contributed by atoms with Crippen molar-refractivity contribution in [3.8, 4) is 17.0 Å². The highest BCUT2D eigenvalue weighted by Crippen LogP contribution is 2.26. The molecule has 1 N–H and O–H groups in total. The zero-order valence-electron chi connectivity index (χ0n) is 9.91. The maximum Gasteiger partial charge on any atom is 0.123 e. The largest absolute Gasteiger partial charge is 0.497 e. The van der Waals surface area contributed by atoms with Crippen molar-refractivity contribution in [2.45, 2.75) is 0 Å². The summed E-state index contributed by atoms with van der Waals surface area (Å²) in [6.45, 7) is 0. The molecule has 1 heterocycles. The standard InChI is InChI=1S/C15H12FNO/c1-18-13-5-2-10(3-6-13)15-9-11-8-12(16)4-7-14(11)17-15/h2-9,17H,1H3. The van der Waals surface area contributed by atoms with Gasteiger partial charge < -0.3 is 9.72 Å². The smallest absolute Gasteiger partial charge is 0.123 e. The van der Waals surface area contributed by atoms with Gasteiger partial charge in [0.15, 0.2) is 0 Å². The van der Waals surface area contributed by atoms with Gasteiger partial charge in [-0.05, 0) is 54.1 Å². The summed E-state index contributed by atoms with van der Waals surface area (Å²) in [7, 11) is 1.64. The van der Waals surface area contributed by atoms with Crippen LogP contribution in [0.1, 0.15) is 0 Å². The van der Waals surface area contributed by atoms with E-state index in [2.05, 4.69) is 4.98 Å². The number of halogens is 1. The van der Waals surface area contributed by atoms with Gasteiger partial charge in [-0.3, -0.25) is 0 Å². The molecule has 0 fully saturated rings. The van der Waals surface area contributed by atoms with Gasteiger partial charge >= 0.3 is 0 Å². The molecule has 0 atom stereocenters. The lowest BCUT2D eigenvalue weighted by molar-refractivity contribution is 0.415. The van der Waals surface area contributed by atoms with Crippen LogP contribution in [0.4, 0.5) is 4.39 Å². The van der Waals surface area contributed by atoms with Crippen LogP contribution in [0.2, 0.25) is 0 Å². The van der Waals surface area contributed by atoms with Gasteiger partial charge in [0.25, 0.3) is 0 Å². The fourth-order valence-electron chi connectivity index (χ4n) is 2.03. The van der Waals surface area contributed by atoms with Crippen molar-refractivity contribution >= 4 is 10.9 Å². The van der Waals surface area contributed by atoms with Crippen molar-refractivity contribution < 1.29 is 9.13 Å². The lowest BCUT2D eigenvalue weighted by atomic mass is 10.1. The van der Waals surface area contributed by atoms with Crippen LogP contribution in [0, 0.1) is 5.82 Å². The average molecular weight is 241 g/mol. The number of ether oxygens (including phenoxy) is 1. The van der Waals surface area contributed by atoms with E-state index in [4.69, 9.17) is 4.74 Å². The number of benzene rings is 2. The van der Waals surface area contributed by atoms with Gasteiger partial charge in [-0.25, -0.2) is 4.39 Å². The average Bonchev–Trinajstić information content (AvgIpc) is 2.81. The topological polar surface area (TPSA) is 25.0 Å². The second-order valence-corrected chi connectivity index (χ2v) is 4.14. The van der Waals surface area contributed by atoms with E-state index in [9.17, 15) is 4.39 Å². The minimum atomic E-state index is -0.220. The van der Waals surface area contributed by atoms with Gasteiger partial charge in [0.1, 0.15) is 11.6 Å². The molecule has 90 valence electrons. The molecule has 3 heteroatoms. The second kappa shape index (κ2) is 4.18. The number of hydrogen-bond acceptors (Lipinski definition) is 1. The first kappa shape index (κ1) is 10.8. The zero-order chi connectivity index (χ0) is 12.5. The van der Waals surface area contributed by atoms with E-state index in [1.54, 1.807) is 13.2 Å². The molecule has 0 saturated heterocycles. The summed E-state index contributed by atoms with van der Waals surface area (Å²) in [5, 5.41) is 0.876. The highest BCUT2D eigenvalue weighted by atomic mass is 19.1. The van der Waals surface area contributed by atoms with Crippen LogP contribution in [0.3, 0.4) is 0 Å². The van der Waals surface area contributed by atoms with Crippen LogP contribution in [-0.4, -0.2) is 12.1 Å². The van der Waals surface area contributed by atoms with Gasteiger partial charge in [0, 0.05) is 16.6 Å². The SMILES string of the molecule is COc1ccc(-c2cc3cc(F)ccc3[nH]2)cc1. The predicted octanol–water partition coefficient (Wildman–Crippen LogP) is 3.98. The number of hydrogen-bond donors (Lipinski definition) is 1. The third kappa shape index (κ3) is 1.84. The molecule has 0 amide bonds. The minimum absolute atomic E-state index is 0.220. The van der Waals surface area contributed by atoms with Crippen molar-refractivity contribution in [1.29, 1.82) is 0 Å².